The van der Waals surface area contributed by atoms with Gasteiger partial charge in [-0.2, -0.15) is 10.5 Å². The van der Waals surface area contributed by atoms with Crippen LogP contribution in [0.25, 0.3) is 0 Å². The molecule has 0 aliphatic heterocycles. The molecule has 0 radical (unpaired) electrons. The number of benzene rings is 2. The van der Waals surface area contributed by atoms with Crippen LogP contribution in [0.4, 0.5) is 0 Å². The summed E-state index contributed by atoms with van der Waals surface area (Å²) in [4.78, 5) is 12.9. The van der Waals surface area contributed by atoms with Gasteiger partial charge < -0.3 is 14.8 Å². The Hall–Kier alpha value is -3.51. The van der Waals surface area contributed by atoms with E-state index < -0.39 is 0 Å². The molecule has 1 aliphatic carbocycles. The Morgan fingerprint density at radius 1 is 0.938 bits per heavy atom. The van der Waals surface area contributed by atoms with E-state index in [2.05, 4.69) is 17.5 Å². The third-order valence-corrected chi connectivity index (χ3v) is 5.50. The number of unbranched alkanes of at least 4 members (excludes halogenated alkanes) is 3. The minimum absolute atomic E-state index is 0.124. The summed E-state index contributed by atoms with van der Waals surface area (Å²) < 4.78 is 11.8. The molecule has 6 nitrogen and oxygen atoms in total. The third-order valence-electron chi connectivity index (χ3n) is 5.50. The Kier molecular flexibility index (Phi) is 8.95. The lowest BCUT2D eigenvalue weighted by Gasteiger charge is -2.23. The second-order valence-corrected chi connectivity index (χ2v) is 8.06. The molecule has 1 amide bonds. The van der Waals surface area contributed by atoms with Crippen LogP contribution in [0.15, 0.2) is 42.5 Å². The van der Waals surface area contributed by atoms with Gasteiger partial charge in [0.15, 0.2) is 0 Å². The largest absolute Gasteiger partial charge is 0.493 e. The van der Waals surface area contributed by atoms with Crippen molar-refractivity contribution in [3.8, 4) is 29.4 Å². The molecular weight excluding hydrogens is 402 g/mol. The van der Waals surface area contributed by atoms with E-state index in [1.807, 2.05) is 0 Å². The summed E-state index contributed by atoms with van der Waals surface area (Å²) in [6, 6.07) is 16.5. The minimum Gasteiger partial charge on any atom is -0.493 e. The van der Waals surface area contributed by atoms with Crippen molar-refractivity contribution in [1.82, 2.24) is 5.32 Å². The summed E-state index contributed by atoms with van der Waals surface area (Å²) in [5.41, 5.74) is 1.06. The fraction of sp³-hybridized carbons (Fsp3) is 0.423. The van der Waals surface area contributed by atoms with Crippen molar-refractivity contribution < 1.29 is 14.3 Å². The number of hydrogen-bond donors (Lipinski definition) is 1. The van der Waals surface area contributed by atoms with E-state index >= 15 is 0 Å². The SMILES string of the molecule is N#CCCCCCOc1cc(Oc2ccc(C#N)cc2)cc(C(=O)NC2CCCCC2)c1. The fourth-order valence-corrected chi connectivity index (χ4v) is 3.77. The zero-order chi connectivity index (χ0) is 22.6. The topological polar surface area (TPSA) is 95.1 Å². The number of nitriles is 2. The molecule has 2 aromatic rings. The number of carbonyl (C=O) groups excluding carboxylic acids is 1. The molecule has 0 heterocycles. The van der Waals surface area contributed by atoms with Crippen molar-refractivity contribution in [3.05, 3.63) is 53.6 Å². The number of nitrogens with zero attached hydrogens (tertiary/aromatic N) is 2. The average molecular weight is 432 g/mol. The van der Waals surface area contributed by atoms with E-state index in [-0.39, 0.29) is 11.9 Å². The molecule has 166 valence electrons. The van der Waals surface area contributed by atoms with Gasteiger partial charge in [0.1, 0.15) is 17.2 Å². The maximum atomic E-state index is 12.9. The molecule has 0 spiro atoms. The molecule has 32 heavy (non-hydrogen) atoms. The summed E-state index contributed by atoms with van der Waals surface area (Å²) in [5.74, 6) is 1.54. The maximum absolute atomic E-state index is 12.9. The van der Waals surface area contributed by atoms with Crippen LogP contribution in [0.2, 0.25) is 0 Å². The summed E-state index contributed by atoms with van der Waals surface area (Å²) in [5, 5.41) is 20.7. The Morgan fingerprint density at radius 3 is 2.41 bits per heavy atom. The number of carbonyl (C=O) groups is 1. The summed E-state index contributed by atoms with van der Waals surface area (Å²) in [7, 11) is 0. The highest BCUT2D eigenvalue weighted by Gasteiger charge is 2.18. The molecule has 1 saturated carbocycles. The number of nitrogens with one attached hydrogen (secondary N) is 1. The molecular formula is C26H29N3O3. The summed E-state index contributed by atoms with van der Waals surface area (Å²) in [6.45, 7) is 0.509. The van der Waals surface area contributed by atoms with Gasteiger partial charge in [0.2, 0.25) is 0 Å². The molecule has 6 heteroatoms. The lowest BCUT2D eigenvalue weighted by Crippen LogP contribution is -2.36. The van der Waals surface area contributed by atoms with Gasteiger partial charge in [0.25, 0.3) is 5.91 Å². The van der Waals surface area contributed by atoms with Crippen LogP contribution in [0.5, 0.6) is 17.2 Å². The minimum atomic E-state index is -0.124. The number of hydrogen-bond acceptors (Lipinski definition) is 5. The van der Waals surface area contributed by atoms with Crippen LogP contribution in [0.3, 0.4) is 0 Å². The zero-order valence-electron chi connectivity index (χ0n) is 18.3. The van der Waals surface area contributed by atoms with Crippen LogP contribution in [0, 0.1) is 22.7 Å². The first-order valence-electron chi connectivity index (χ1n) is 11.3. The standard InChI is InChI=1S/C26H29N3O3/c27-14-6-1-2-7-15-31-24-16-21(26(30)29-22-8-4-3-5-9-22)17-25(18-24)32-23-12-10-20(19-28)11-13-23/h10-13,16-18,22H,1-9,15H2,(H,29,30). The highest BCUT2D eigenvalue weighted by Crippen LogP contribution is 2.28. The summed E-state index contributed by atoms with van der Waals surface area (Å²) >= 11 is 0. The Balaban J connectivity index is 1.71. The van der Waals surface area contributed by atoms with Crippen LogP contribution in [-0.2, 0) is 0 Å². The van der Waals surface area contributed by atoms with E-state index in [1.54, 1.807) is 42.5 Å². The van der Waals surface area contributed by atoms with E-state index in [0.29, 0.717) is 41.4 Å². The summed E-state index contributed by atoms with van der Waals surface area (Å²) in [6.07, 6.45) is 8.72. The van der Waals surface area contributed by atoms with Crippen molar-refractivity contribution in [2.45, 2.75) is 63.8 Å². The first-order valence-corrected chi connectivity index (χ1v) is 11.3. The molecule has 1 N–H and O–H groups in total. The molecule has 3 rings (SSSR count). The van der Waals surface area contributed by atoms with Gasteiger partial charge in [-0.15, -0.1) is 0 Å². The predicted octanol–water partition coefficient (Wildman–Crippen LogP) is 5.88. The maximum Gasteiger partial charge on any atom is 0.251 e. The van der Waals surface area contributed by atoms with Gasteiger partial charge in [-0.1, -0.05) is 19.3 Å². The fourth-order valence-electron chi connectivity index (χ4n) is 3.77. The van der Waals surface area contributed by atoms with Crippen LogP contribution < -0.4 is 14.8 Å². The third kappa shape index (κ3) is 7.32. The molecule has 1 aliphatic rings. The van der Waals surface area contributed by atoms with Crippen molar-refractivity contribution in [1.29, 1.82) is 10.5 Å². The normalized spacial score (nSPS) is 13.6. The van der Waals surface area contributed by atoms with Gasteiger partial charge in [0, 0.05) is 24.1 Å². The van der Waals surface area contributed by atoms with Gasteiger partial charge in [-0.05, 0) is 68.5 Å². The predicted molar refractivity (Wildman–Crippen MR) is 122 cm³/mol. The van der Waals surface area contributed by atoms with Gasteiger partial charge >= 0.3 is 0 Å². The highest BCUT2D eigenvalue weighted by atomic mass is 16.5. The number of rotatable bonds is 10. The van der Waals surface area contributed by atoms with Crippen molar-refractivity contribution in [2.75, 3.05) is 6.61 Å². The monoisotopic (exact) mass is 431 g/mol. The smallest absolute Gasteiger partial charge is 0.251 e. The van der Waals surface area contributed by atoms with Crippen molar-refractivity contribution in [2.24, 2.45) is 0 Å². The van der Waals surface area contributed by atoms with Gasteiger partial charge in [-0.3, -0.25) is 4.79 Å². The molecule has 0 aromatic heterocycles. The van der Waals surface area contributed by atoms with Gasteiger partial charge in [-0.25, -0.2) is 0 Å². The highest BCUT2D eigenvalue weighted by molar-refractivity contribution is 5.95. The molecule has 0 saturated heterocycles. The van der Waals surface area contributed by atoms with E-state index in [1.165, 1.54) is 6.42 Å². The molecule has 0 bridgehead atoms. The van der Waals surface area contributed by atoms with Gasteiger partial charge in [0.05, 0.1) is 24.3 Å². The Morgan fingerprint density at radius 2 is 1.69 bits per heavy atom. The first-order chi connectivity index (χ1) is 15.7. The van der Waals surface area contributed by atoms with Crippen LogP contribution in [0.1, 0.15) is 73.7 Å². The Labute approximate surface area is 189 Å². The zero-order valence-corrected chi connectivity index (χ0v) is 18.3. The lowest BCUT2D eigenvalue weighted by molar-refractivity contribution is 0.0927. The number of ether oxygens (including phenoxy) is 2. The second kappa shape index (κ2) is 12.4. The van der Waals surface area contributed by atoms with E-state index in [9.17, 15) is 4.79 Å². The van der Waals surface area contributed by atoms with E-state index in [4.69, 9.17) is 20.0 Å². The molecule has 0 unspecified atom stereocenters. The molecule has 1 fully saturated rings. The van der Waals surface area contributed by atoms with Crippen LogP contribution >= 0.6 is 0 Å². The van der Waals surface area contributed by atoms with E-state index in [0.717, 1.165) is 44.9 Å². The van der Waals surface area contributed by atoms with Crippen molar-refractivity contribution in [3.63, 3.8) is 0 Å². The molecule has 2 aromatic carbocycles. The first kappa shape index (κ1) is 23.2. The van der Waals surface area contributed by atoms with Crippen molar-refractivity contribution >= 4 is 5.91 Å². The van der Waals surface area contributed by atoms with Crippen LogP contribution in [-0.4, -0.2) is 18.6 Å². The lowest BCUT2D eigenvalue weighted by atomic mass is 9.95. The average Bonchev–Trinajstić information content (AvgIpc) is 2.82. The molecule has 0 atom stereocenters. The quantitative estimate of drug-likeness (QED) is 0.474. The second-order valence-electron chi connectivity index (χ2n) is 8.06. The Bertz CT molecular complexity index is 967. The number of amides is 1.